The zero-order valence-electron chi connectivity index (χ0n) is 14.6. The van der Waals surface area contributed by atoms with E-state index in [1.807, 2.05) is 41.0 Å². The van der Waals surface area contributed by atoms with Gasteiger partial charge in [-0.05, 0) is 35.6 Å². The van der Waals surface area contributed by atoms with Crippen LogP contribution in [0, 0.1) is 11.3 Å². The summed E-state index contributed by atoms with van der Waals surface area (Å²) >= 11 is 0. The van der Waals surface area contributed by atoms with Gasteiger partial charge in [-0.3, -0.25) is 4.90 Å². The van der Waals surface area contributed by atoms with E-state index in [1.165, 1.54) is 5.56 Å². The Morgan fingerprint density at radius 2 is 1.92 bits per heavy atom. The van der Waals surface area contributed by atoms with Crippen LogP contribution in [0.3, 0.4) is 0 Å². The van der Waals surface area contributed by atoms with Crippen molar-refractivity contribution in [1.82, 2.24) is 14.5 Å². The van der Waals surface area contributed by atoms with Crippen molar-refractivity contribution >= 4 is 5.52 Å². The fourth-order valence-electron chi connectivity index (χ4n) is 5.14. The Kier molecular flexibility index (Phi) is 3.64. The minimum atomic E-state index is -0.415. The van der Waals surface area contributed by atoms with Crippen molar-refractivity contribution in [1.29, 1.82) is 0 Å². The van der Waals surface area contributed by atoms with E-state index in [1.54, 1.807) is 0 Å². The number of aliphatic hydroxyl groups excluding tert-OH is 2. The molecule has 1 aliphatic carbocycles. The van der Waals surface area contributed by atoms with Gasteiger partial charge in [-0.1, -0.05) is 36.4 Å². The predicted molar refractivity (Wildman–Crippen MR) is 98.7 cm³/mol. The van der Waals surface area contributed by atoms with E-state index in [2.05, 4.69) is 34.3 Å². The number of nitrogens with zero attached hydrogens (tertiary/aromatic N) is 3. The average Bonchev–Trinajstić information content (AvgIpc) is 2.92. The van der Waals surface area contributed by atoms with Crippen LogP contribution < -0.4 is 0 Å². The molecular weight excluding hydrogens is 326 g/mol. The maximum absolute atomic E-state index is 10.9. The lowest BCUT2D eigenvalue weighted by Crippen LogP contribution is -2.23. The molecule has 1 aliphatic heterocycles. The van der Waals surface area contributed by atoms with Gasteiger partial charge in [0, 0.05) is 37.9 Å². The van der Waals surface area contributed by atoms with E-state index in [0.717, 1.165) is 24.3 Å². The maximum Gasteiger partial charge on any atom is 0.0745 e. The van der Waals surface area contributed by atoms with Crippen molar-refractivity contribution in [2.24, 2.45) is 11.3 Å². The number of β-amino-alcohol motifs (C(OH)–C–C–N with tert-alkyl or cyclic N) is 1. The fraction of sp³-hybridized carbons (Fsp3) is 0.381. The first-order chi connectivity index (χ1) is 12.7. The highest BCUT2D eigenvalue weighted by Crippen LogP contribution is 2.68. The summed E-state index contributed by atoms with van der Waals surface area (Å²) in [6.07, 6.45) is 1.40. The van der Waals surface area contributed by atoms with E-state index in [0.29, 0.717) is 6.54 Å². The second kappa shape index (κ2) is 5.91. The Hall–Kier alpha value is -2.21. The van der Waals surface area contributed by atoms with Gasteiger partial charge in [0.05, 0.1) is 17.3 Å². The van der Waals surface area contributed by atoms with Crippen molar-refractivity contribution in [3.63, 3.8) is 0 Å². The van der Waals surface area contributed by atoms with Crippen molar-refractivity contribution in [2.75, 3.05) is 19.7 Å². The van der Waals surface area contributed by atoms with Gasteiger partial charge in [0.25, 0.3) is 0 Å². The molecule has 5 heteroatoms. The van der Waals surface area contributed by atoms with Crippen LogP contribution in [0.4, 0.5) is 0 Å². The molecule has 1 saturated carbocycles. The number of aliphatic hydroxyl groups is 2. The molecule has 2 aromatic heterocycles. The average molecular weight is 349 g/mol. The third-order valence-corrected chi connectivity index (χ3v) is 6.35. The molecule has 1 spiro atoms. The Morgan fingerprint density at radius 3 is 2.73 bits per heavy atom. The van der Waals surface area contributed by atoms with Gasteiger partial charge in [-0.15, -0.1) is 0 Å². The Labute approximate surface area is 152 Å². The van der Waals surface area contributed by atoms with Gasteiger partial charge in [-0.25, -0.2) is 4.52 Å². The van der Waals surface area contributed by atoms with Crippen LogP contribution in [0.5, 0.6) is 0 Å². The molecule has 5 rings (SSSR count). The van der Waals surface area contributed by atoms with E-state index < -0.39 is 6.10 Å². The lowest BCUT2D eigenvalue weighted by Gasteiger charge is -2.17. The molecule has 4 atom stereocenters. The first kappa shape index (κ1) is 16.0. The van der Waals surface area contributed by atoms with E-state index in [4.69, 9.17) is 0 Å². The summed E-state index contributed by atoms with van der Waals surface area (Å²) < 4.78 is 1.96. The minimum absolute atomic E-state index is 0.124. The zero-order valence-corrected chi connectivity index (χ0v) is 14.6. The molecule has 3 aromatic rings. The van der Waals surface area contributed by atoms with Crippen molar-refractivity contribution in [3.8, 4) is 0 Å². The minimum Gasteiger partial charge on any atom is -0.396 e. The highest BCUT2D eigenvalue weighted by molar-refractivity contribution is 5.46. The van der Waals surface area contributed by atoms with Gasteiger partial charge < -0.3 is 10.2 Å². The number of pyridine rings is 1. The van der Waals surface area contributed by atoms with Gasteiger partial charge in [0.2, 0.25) is 0 Å². The van der Waals surface area contributed by atoms with Crippen LogP contribution in [-0.2, 0) is 6.54 Å². The molecule has 0 unspecified atom stereocenters. The molecule has 5 nitrogen and oxygen atoms in total. The highest BCUT2D eigenvalue weighted by atomic mass is 16.3. The molecule has 1 aromatic carbocycles. The van der Waals surface area contributed by atoms with Crippen LogP contribution in [0.1, 0.15) is 17.2 Å². The van der Waals surface area contributed by atoms with Crippen LogP contribution in [0.25, 0.3) is 5.52 Å². The monoisotopic (exact) mass is 349 g/mol. The summed E-state index contributed by atoms with van der Waals surface area (Å²) in [4.78, 5) is 2.30. The molecule has 0 amide bonds. The number of aromatic nitrogens is 2. The number of likely N-dealkylation sites (tertiary alicyclic amines) is 1. The first-order valence-corrected chi connectivity index (χ1v) is 9.22. The van der Waals surface area contributed by atoms with Crippen LogP contribution >= 0.6 is 0 Å². The SMILES string of the molecule is OC[C@@H]1[C@@H](c2ccccc2)[C@]12CN(Cc1cccc3ccnn13)C[C@H]2O. The van der Waals surface area contributed by atoms with E-state index >= 15 is 0 Å². The second-order valence-corrected chi connectivity index (χ2v) is 7.66. The van der Waals surface area contributed by atoms with Gasteiger partial charge >= 0.3 is 0 Å². The van der Waals surface area contributed by atoms with Crippen LogP contribution in [-0.4, -0.2) is 50.5 Å². The molecule has 26 heavy (non-hydrogen) atoms. The first-order valence-electron chi connectivity index (χ1n) is 9.22. The molecular formula is C21H23N3O2. The number of fused-ring (bicyclic) bond motifs is 1. The maximum atomic E-state index is 10.9. The van der Waals surface area contributed by atoms with Crippen LogP contribution in [0.2, 0.25) is 0 Å². The second-order valence-electron chi connectivity index (χ2n) is 7.66. The predicted octanol–water partition coefficient (Wildman–Crippen LogP) is 1.90. The lowest BCUT2D eigenvalue weighted by molar-refractivity contribution is 0.111. The number of rotatable bonds is 4. The quantitative estimate of drug-likeness (QED) is 0.755. The highest BCUT2D eigenvalue weighted by Gasteiger charge is 2.70. The third-order valence-electron chi connectivity index (χ3n) is 6.35. The standard InChI is InChI=1S/C21H23N3O2/c25-13-18-20(15-5-2-1-3-6-15)21(18)14-23(12-19(21)26)11-17-8-4-7-16-9-10-22-24(16)17/h1-10,18-20,25-26H,11-14H2/t18-,19-,20-,21-/m1/s1. The fourth-order valence-corrected chi connectivity index (χ4v) is 5.14. The summed E-state index contributed by atoms with van der Waals surface area (Å²) in [6, 6.07) is 18.5. The Morgan fingerprint density at radius 1 is 1.08 bits per heavy atom. The lowest BCUT2D eigenvalue weighted by atomic mass is 9.95. The molecule has 1 saturated heterocycles. The third kappa shape index (κ3) is 2.24. The van der Waals surface area contributed by atoms with Gasteiger partial charge in [0.15, 0.2) is 0 Å². The topological polar surface area (TPSA) is 61.0 Å². The van der Waals surface area contributed by atoms with E-state index in [9.17, 15) is 10.2 Å². The van der Waals surface area contributed by atoms with Gasteiger partial charge in [0.1, 0.15) is 0 Å². The largest absolute Gasteiger partial charge is 0.396 e. The summed E-state index contributed by atoms with van der Waals surface area (Å²) in [5, 5.41) is 25.2. The summed E-state index contributed by atoms with van der Waals surface area (Å²) in [5.41, 5.74) is 3.20. The normalized spacial score (nSPS) is 31.1. The Balaban J connectivity index is 1.41. The summed E-state index contributed by atoms with van der Waals surface area (Å²) in [7, 11) is 0. The van der Waals surface area contributed by atoms with E-state index in [-0.39, 0.29) is 23.9 Å². The molecule has 2 N–H and O–H groups in total. The summed E-state index contributed by atoms with van der Waals surface area (Å²) in [5.74, 6) is 0.361. The molecule has 2 fully saturated rings. The van der Waals surface area contributed by atoms with Crippen molar-refractivity contribution in [3.05, 3.63) is 72.1 Å². The number of hydrogen-bond acceptors (Lipinski definition) is 4. The number of hydrogen-bond donors (Lipinski definition) is 2. The smallest absolute Gasteiger partial charge is 0.0745 e. The van der Waals surface area contributed by atoms with Gasteiger partial charge in [-0.2, -0.15) is 5.10 Å². The molecule has 0 radical (unpaired) electrons. The van der Waals surface area contributed by atoms with Crippen LogP contribution in [0.15, 0.2) is 60.8 Å². The molecule has 0 bridgehead atoms. The summed E-state index contributed by atoms with van der Waals surface area (Å²) in [6.45, 7) is 2.31. The zero-order chi connectivity index (χ0) is 17.7. The molecule has 2 aliphatic rings. The van der Waals surface area contributed by atoms with Crippen molar-refractivity contribution < 1.29 is 10.2 Å². The molecule has 3 heterocycles. The number of benzene rings is 1. The Bertz CT molecular complexity index is 925. The molecule has 134 valence electrons. The van der Waals surface area contributed by atoms with Crippen molar-refractivity contribution in [2.45, 2.75) is 18.6 Å².